The van der Waals surface area contributed by atoms with Crippen LogP contribution in [0.3, 0.4) is 0 Å². The standard InChI is InChI=1S/C14H24N2/c1-4-10-16(3)12-14(2,11-15)13-8-6-5-7-9-13/h5-9H,4,10-12,15H2,1-3H3. The predicted octanol–water partition coefficient (Wildman–Crippen LogP) is 2.24. The molecule has 0 aliphatic carbocycles. The van der Waals surface area contributed by atoms with Gasteiger partial charge in [-0.3, -0.25) is 0 Å². The summed E-state index contributed by atoms with van der Waals surface area (Å²) in [5.74, 6) is 0. The molecule has 1 unspecified atom stereocenters. The van der Waals surface area contributed by atoms with E-state index in [1.807, 2.05) is 0 Å². The second-order valence-electron chi connectivity index (χ2n) is 4.87. The fourth-order valence-electron chi connectivity index (χ4n) is 2.17. The van der Waals surface area contributed by atoms with E-state index in [-0.39, 0.29) is 5.41 Å². The molecule has 0 amide bonds. The van der Waals surface area contributed by atoms with Crippen LogP contribution in [0.2, 0.25) is 0 Å². The van der Waals surface area contributed by atoms with Crippen molar-refractivity contribution >= 4 is 0 Å². The van der Waals surface area contributed by atoms with Crippen LogP contribution in [0.1, 0.15) is 25.8 Å². The first kappa shape index (κ1) is 13.2. The molecular weight excluding hydrogens is 196 g/mol. The van der Waals surface area contributed by atoms with Crippen molar-refractivity contribution < 1.29 is 0 Å². The minimum Gasteiger partial charge on any atom is -0.330 e. The molecule has 2 heteroatoms. The third kappa shape index (κ3) is 3.32. The third-order valence-corrected chi connectivity index (χ3v) is 3.15. The molecule has 1 rings (SSSR count). The van der Waals surface area contributed by atoms with Crippen molar-refractivity contribution in [3.8, 4) is 0 Å². The first-order chi connectivity index (χ1) is 7.62. The smallest absolute Gasteiger partial charge is 0.0174 e. The second-order valence-corrected chi connectivity index (χ2v) is 4.87. The van der Waals surface area contributed by atoms with Gasteiger partial charge in [-0.1, -0.05) is 44.2 Å². The molecule has 0 radical (unpaired) electrons. The SMILES string of the molecule is CCCN(C)CC(C)(CN)c1ccccc1. The highest BCUT2D eigenvalue weighted by Crippen LogP contribution is 2.23. The molecule has 2 nitrogen and oxygen atoms in total. The molecule has 2 N–H and O–H groups in total. The molecule has 16 heavy (non-hydrogen) atoms. The summed E-state index contributed by atoms with van der Waals surface area (Å²) in [6.45, 7) is 7.28. The van der Waals surface area contributed by atoms with E-state index in [2.05, 4.69) is 56.1 Å². The maximum Gasteiger partial charge on any atom is 0.0174 e. The van der Waals surface area contributed by atoms with Crippen molar-refractivity contribution in [3.05, 3.63) is 35.9 Å². The van der Waals surface area contributed by atoms with Crippen LogP contribution in [0.15, 0.2) is 30.3 Å². The van der Waals surface area contributed by atoms with Crippen molar-refractivity contribution in [2.24, 2.45) is 5.73 Å². The van der Waals surface area contributed by atoms with Crippen molar-refractivity contribution in [3.63, 3.8) is 0 Å². The Labute approximate surface area is 99.5 Å². The summed E-state index contributed by atoms with van der Waals surface area (Å²) in [5.41, 5.74) is 7.35. The molecule has 0 fully saturated rings. The van der Waals surface area contributed by atoms with Gasteiger partial charge in [0.05, 0.1) is 0 Å². The van der Waals surface area contributed by atoms with Crippen LogP contribution in [0.4, 0.5) is 0 Å². The number of nitrogens with two attached hydrogens (primary N) is 1. The van der Waals surface area contributed by atoms with Crippen molar-refractivity contribution in [1.82, 2.24) is 4.90 Å². The van der Waals surface area contributed by atoms with Gasteiger partial charge in [-0.15, -0.1) is 0 Å². The van der Waals surface area contributed by atoms with Gasteiger partial charge in [0.15, 0.2) is 0 Å². The number of hydrogen-bond donors (Lipinski definition) is 1. The van der Waals surface area contributed by atoms with Crippen LogP contribution < -0.4 is 5.73 Å². The van der Waals surface area contributed by atoms with Gasteiger partial charge in [0, 0.05) is 18.5 Å². The molecular formula is C14H24N2. The van der Waals surface area contributed by atoms with Gasteiger partial charge in [0.25, 0.3) is 0 Å². The molecule has 90 valence electrons. The molecule has 0 aromatic heterocycles. The Morgan fingerprint density at radius 2 is 1.88 bits per heavy atom. The highest BCUT2D eigenvalue weighted by atomic mass is 15.1. The van der Waals surface area contributed by atoms with Crippen LogP contribution in [-0.2, 0) is 5.41 Å². The maximum atomic E-state index is 5.96. The zero-order chi connectivity index (χ0) is 12.0. The highest BCUT2D eigenvalue weighted by molar-refractivity contribution is 5.25. The lowest BCUT2D eigenvalue weighted by atomic mass is 9.82. The van der Waals surface area contributed by atoms with Gasteiger partial charge in [0.2, 0.25) is 0 Å². The normalized spacial score (nSPS) is 15.1. The molecule has 0 heterocycles. The Morgan fingerprint density at radius 1 is 1.25 bits per heavy atom. The molecule has 0 saturated heterocycles. The van der Waals surface area contributed by atoms with E-state index in [1.54, 1.807) is 0 Å². The summed E-state index contributed by atoms with van der Waals surface area (Å²) >= 11 is 0. The summed E-state index contributed by atoms with van der Waals surface area (Å²) in [7, 11) is 2.17. The van der Waals surface area contributed by atoms with Crippen LogP contribution in [-0.4, -0.2) is 31.6 Å². The Bertz CT molecular complexity index is 297. The summed E-state index contributed by atoms with van der Waals surface area (Å²) in [4.78, 5) is 2.36. The highest BCUT2D eigenvalue weighted by Gasteiger charge is 2.26. The summed E-state index contributed by atoms with van der Waals surface area (Å²) in [5, 5.41) is 0. The number of likely N-dealkylation sites (N-methyl/N-ethyl adjacent to an activating group) is 1. The first-order valence-electron chi connectivity index (χ1n) is 6.06. The van der Waals surface area contributed by atoms with Gasteiger partial charge in [0.1, 0.15) is 0 Å². The lowest BCUT2D eigenvalue weighted by Crippen LogP contribution is -2.42. The van der Waals surface area contributed by atoms with Crippen molar-refractivity contribution in [2.75, 3.05) is 26.7 Å². The molecule has 0 spiro atoms. The fourth-order valence-corrected chi connectivity index (χ4v) is 2.17. The predicted molar refractivity (Wildman–Crippen MR) is 70.6 cm³/mol. The van der Waals surface area contributed by atoms with E-state index in [9.17, 15) is 0 Å². The average Bonchev–Trinajstić information content (AvgIpc) is 2.30. The minimum absolute atomic E-state index is 0.0607. The molecule has 0 bridgehead atoms. The zero-order valence-electron chi connectivity index (χ0n) is 10.7. The van der Waals surface area contributed by atoms with Crippen LogP contribution in [0, 0.1) is 0 Å². The van der Waals surface area contributed by atoms with Gasteiger partial charge >= 0.3 is 0 Å². The summed E-state index contributed by atoms with van der Waals surface area (Å²) < 4.78 is 0. The van der Waals surface area contributed by atoms with E-state index in [4.69, 9.17) is 5.73 Å². The van der Waals surface area contributed by atoms with E-state index in [0.717, 1.165) is 13.1 Å². The molecule has 0 saturated carbocycles. The number of nitrogens with zero attached hydrogens (tertiary/aromatic N) is 1. The van der Waals surface area contributed by atoms with E-state index >= 15 is 0 Å². The zero-order valence-corrected chi connectivity index (χ0v) is 10.7. The Kier molecular flexibility index (Phi) is 4.97. The Balaban J connectivity index is 2.78. The lowest BCUT2D eigenvalue weighted by Gasteiger charge is -2.33. The monoisotopic (exact) mass is 220 g/mol. The van der Waals surface area contributed by atoms with Crippen LogP contribution in [0.25, 0.3) is 0 Å². The maximum absolute atomic E-state index is 5.96. The largest absolute Gasteiger partial charge is 0.330 e. The quantitative estimate of drug-likeness (QED) is 0.796. The second kappa shape index (κ2) is 6.02. The molecule has 0 aliphatic rings. The first-order valence-corrected chi connectivity index (χ1v) is 6.06. The Hall–Kier alpha value is -0.860. The van der Waals surface area contributed by atoms with Crippen molar-refractivity contribution in [2.45, 2.75) is 25.7 Å². The molecule has 0 aliphatic heterocycles. The average molecular weight is 220 g/mol. The fraction of sp³-hybridized carbons (Fsp3) is 0.571. The summed E-state index contributed by atoms with van der Waals surface area (Å²) in [6, 6.07) is 10.6. The van der Waals surface area contributed by atoms with E-state index in [0.29, 0.717) is 6.54 Å². The number of rotatable bonds is 6. The lowest BCUT2D eigenvalue weighted by molar-refractivity contribution is 0.260. The number of hydrogen-bond acceptors (Lipinski definition) is 2. The van der Waals surface area contributed by atoms with Crippen LogP contribution >= 0.6 is 0 Å². The van der Waals surface area contributed by atoms with E-state index < -0.39 is 0 Å². The van der Waals surface area contributed by atoms with E-state index in [1.165, 1.54) is 12.0 Å². The summed E-state index contributed by atoms with van der Waals surface area (Å²) in [6.07, 6.45) is 1.19. The number of benzene rings is 1. The topological polar surface area (TPSA) is 29.3 Å². The minimum atomic E-state index is 0.0607. The molecule has 1 atom stereocenters. The van der Waals surface area contributed by atoms with Gasteiger partial charge in [-0.2, -0.15) is 0 Å². The van der Waals surface area contributed by atoms with Gasteiger partial charge in [-0.25, -0.2) is 0 Å². The third-order valence-electron chi connectivity index (χ3n) is 3.15. The van der Waals surface area contributed by atoms with Gasteiger partial charge in [-0.05, 0) is 25.6 Å². The van der Waals surface area contributed by atoms with Gasteiger partial charge < -0.3 is 10.6 Å². The molecule has 1 aromatic carbocycles. The molecule has 1 aromatic rings. The van der Waals surface area contributed by atoms with Crippen LogP contribution in [0.5, 0.6) is 0 Å². The Morgan fingerprint density at radius 3 is 2.38 bits per heavy atom. The van der Waals surface area contributed by atoms with Crippen molar-refractivity contribution in [1.29, 1.82) is 0 Å².